The lowest BCUT2D eigenvalue weighted by Gasteiger charge is -2.11. The van der Waals surface area contributed by atoms with Gasteiger partial charge in [0.05, 0.1) is 19.8 Å². The van der Waals surface area contributed by atoms with Crippen molar-refractivity contribution in [2.24, 2.45) is 0 Å². The second-order valence-corrected chi connectivity index (χ2v) is 3.55. The van der Waals surface area contributed by atoms with E-state index in [0.717, 1.165) is 6.07 Å². The summed E-state index contributed by atoms with van der Waals surface area (Å²) in [6.45, 7) is 1.43. The molecule has 5 nitrogen and oxygen atoms in total. The maximum Gasteiger partial charge on any atom is 0.338 e. The molecule has 0 unspecified atom stereocenters. The average molecular weight is 255 g/mol. The molecular formula is C12H14FNO4. The first-order valence-corrected chi connectivity index (χ1v) is 5.18. The Morgan fingerprint density at radius 1 is 1.28 bits per heavy atom. The minimum absolute atomic E-state index is 0.0768. The normalized spacial score (nSPS) is 9.78. The topological polar surface area (TPSA) is 64.6 Å². The van der Waals surface area contributed by atoms with Gasteiger partial charge < -0.3 is 14.8 Å². The van der Waals surface area contributed by atoms with Gasteiger partial charge in [-0.15, -0.1) is 0 Å². The molecule has 0 aliphatic rings. The Balaban J connectivity index is 2.99. The molecule has 0 bridgehead atoms. The van der Waals surface area contributed by atoms with Crippen molar-refractivity contribution in [1.29, 1.82) is 0 Å². The van der Waals surface area contributed by atoms with Crippen LogP contribution in [-0.2, 0) is 14.3 Å². The lowest BCUT2D eigenvalue weighted by atomic mass is 10.1. The Kier molecular flexibility index (Phi) is 4.65. The number of carbonyl (C=O) groups is 2. The van der Waals surface area contributed by atoms with Crippen LogP contribution in [0.4, 0.5) is 10.1 Å². The van der Waals surface area contributed by atoms with Crippen LogP contribution < -0.4 is 5.32 Å². The van der Waals surface area contributed by atoms with Crippen molar-refractivity contribution < 1.29 is 23.5 Å². The van der Waals surface area contributed by atoms with E-state index in [2.05, 4.69) is 14.8 Å². The number of benzene rings is 1. The number of rotatable bonds is 4. The summed E-state index contributed by atoms with van der Waals surface area (Å²) >= 11 is 0. The Morgan fingerprint density at radius 2 is 1.94 bits per heavy atom. The van der Waals surface area contributed by atoms with Crippen LogP contribution in [0.25, 0.3) is 0 Å². The predicted molar refractivity (Wildman–Crippen MR) is 63.0 cm³/mol. The van der Waals surface area contributed by atoms with Crippen LogP contribution in [0.3, 0.4) is 0 Å². The first-order valence-electron chi connectivity index (χ1n) is 5.18. The number of hydrogen-bond donors (Lipinski definition) is 1. The summed E-state index contributed by atoms with van der Waals surface area (Å²) in [5.41, 5.74) is 0.736. The third kappa shape index (κ3) is 3.19. The van der Waals surface area contributed by atoms with Crippen molar-refractivity contribution in [2.45, 2.75) is 6.92 Å². The van der Waals surface area contributed by atoms with Crippen molar-refractivity contribution in [3.63, 3.8) is 0 Å². The molecule has 0 amide bonds. The summed E-state index contributed by atoms with van der Waals surface area (Å²) in [5.74, 6) is -1.68. The van der Waals surface area contributed by atoms with Crippen LogP contribution in [0, 0.1) is 12.7 Å². The van der Waals surface area contributed by atoms with Crippen LogP contribution in [0.1, 0.15) is 15.9 Å². The summed E-state index contributed by atoms with van der Waals surface area (Å²) in [4.78, 5) is 22.3. The Bertz CT molecular complexity index is 473. The number of nitrogens with one attached hydrogen (secondary N) is 1. The SMILES string of the molecule is COC(=O)CNc1cc(C(=O)OC)cc(F)c1C. The van der Waals surface area contributed by atoms with Crippen molar-refractivity contribution in [2.75, 3.05) is 26.1 Å². The molecule has 0 radical (unpaired) electrons. The van der Waals surface area contributed by atoms with Crippen molar-refractivity contribution >= 4 is 17.6 Å². The number of ether oxygens (including phenoxy) is 2. The van der Waals surface area contributed by atoms with E-state index in [1.165, 1.54) is 27.2 Å². The monoisotopic (exact) mass is 255 g/mol. The lowest BCUT2D eigenvalue weighted by Crippen LogP contribution is -2.16. The van der Waals surface area contributed by atoms with Crippen LogP contribution >= 0.6 is 0 Å². The average Bonchev–Trinajstić information content (AvgIpc) is 2.38. The Hall–Kier alpha value is -2.11. The third-order valence-electron chi connectivity index (χ3n) is 2.42. The highest BCUT2D eigenvalue weighted by Gasteiger charge is 2.13. The van der Waals surface area contributed by atoms with E-state index in [1.807, 2.05) is 0 Å². The largest absolute Gasteiger partial charge is 0.468 e. The highest BCUT2D eigenvalue weighted by molar-refractivity contribution is 5.91. The van der Waals surface area contributed by atoms with Crippen LogP contribution in [0.2, 0.25) is 0 Å². The van der Waals surface area contributed by atoms with E-state index < -0.39 is 17.8 Å². The van der Waals surface area contributed by atoms with Gasteiger partial charge in [-0.1, -0.05) is 0 Å². The fourth-order valence-electron chi connectivity index (χ4n) is 1.34. The summed E-state index contributed by atoms with van der Waals surface area (Å²) in [6.07, 6.45) is 0. The molecule has 1 aromatic carbocycles. The van der Waals surface area contributed by atoms with Crippen molar-refractivity contribution in [3.05, 3.63) is 29.1 Å². The van der Waals surface area contributed by atoms with E-state index in [9.17, 15) is 14.0 Å². The van der Waals surface area contributed by atoms with Gasteiger partial charge in [0.25, 0.3) is 0 Å². The molecule has 0 saturated carbocycles. The van der Waals surface area contributed by atoms with Gasteiger partial charge in [0.15, 0.2) is 0 Å². The van der Waals surface area contributed by atoms with Gasteiger partial charge in [0.1, 0.15) is 12.4 Å². The number of esters is 2. The standard InChI is InChI=1S/C12H14FNO4/c1-7-9(13)4-8(12(16)18-3)5-10(7)14-6-11(15)17-2/h4-5,14H,6H2,1-3H3. The quantitative estimate of drug-likeness (QED) is 0.826. The van der Waals surface area contributed by atoms with Crippen LogP contribution in [-0.4, -0.2) is 32.7 Å². The molecule has 18 heavy (non-hydrogen) atoms. The van der Waals surface area contributed by atoms with Gasteiger partial charge in [-0.2, -0.15) is 0 Å². The highest BCUT2D eigenvalue weighted by Crippen LogP contribution is 2.21. The van der Waals surface area contributed by atoms with Gasteiger partial charge in [0, 0.05) is 11.3 Å². The highest BCUT2D eigenvalue weighted by atomic mass is 19.1. The zero-order chi connectivity index (χ0) is 13.7. The first-order chi connectivity index (χ1) is 8.49. The summed E-state index contributed by atoms with van der Waals surface area (Å²) in [7, 11) is 2.46. The molecule has 0 aliphatic carbocycles. The molecule has 0 aliphatic heterocycles. The van der Waals surface area contributed by atoms with Gasteiger partial charge in [-0.05, 0) is 19.1 Å². The molecule has 0 atom stereocenters. The predicted octanol–water partition coefficient (Wildman–Crippen LogP) is 1.51. The van der Waals surface area contributed by atoms with Crippen molar-refractivity contribution in [1.82, 2.24) is 0 Å². The zero-order valence-corrected chi connectivity index (χ0v) is 10.4. The Morgan fingerprint density at radius 3 is 2.50 bits per heavy atom. The smallest absolute Gasteiger partial charge is 0.338 e. The molecule has 0 saturated heterocycles. The number of carbonyl (C=O) groups excluding carboxylic acids is 2. The van der Waals surface area contributed by atoms with E-state index in [4.69, 9.17) is 0 Å². The summed E-state index contributed by atoms with van der Waals surface area (Å²) in [6, 6.07) is 2.51. The molecule has 98 valence electrons. The minimum atomic E-state index is -0.644. The van der Waals surface area contributed by atoms with Crippen LogP contribution in [0.5, 0.6) is 0 Å². The third-order valence-corrected chi connectivity index (χ3v) is 2.42. The Labute approximate surface area is 104 Å². The van der Waals surface area contributed by atoms with E-state index in [0.29, 0.717) is 11.3 Å². The maximum atomic E-state index is 13.6. The fraction of sp³-hybridized carbons (Fsp3) is 0.333. The molecule has 6 heteroatoms. The molecule has 0 aromatic heterocycles. The lowest BCUT2D eigenvalue weighted by molar-refractivity contribution is -0.138. The molecule has 1 aromatic rings. The fourth-order valence-corrected chi connectivity index (χ4v) is 1.34. The number of halogens is 1. The van der Waals surface area contributed by atoms with Crippen LogP contribution in [0.15, 0.2) is 12.1 Å². The molecular weight excluding hydrogens is 241 g/mol. The molecule has 1 rings (SSSR count). The molecule has 0 fully saturated rings. The van der Waals surface area contributed by atoms with Crippen molar-refractivity contribution in [3.8, 4) is 0 Å². The number of methoxy groups -OCH3 is 2. The molecule has 1 N–H and O–H groups in total. The van der Waals surface area contributed by atoms with Gasteiger partial charge in [0.2, 0.25) is 0 Å². The van der Waals surface area contributed by atoms with Gasteiger partial charge in [-0.3, -0.25) is 4.79 Å². The second kappa shape index (κ2) is 6.00. The minimum Gasteiger partial charge on any atom is -0.468 e. The first kappa shape index (κ1) is 14.0. The zero-order valence-electron chi connectivity index (χ0n) is 10.4. The van der Waals surface area contributed by atoms with E-state index in [1.54, 1.807) is 0 Å². The summed E-state index contributed by atoms with van der Waals surface area (Å²) in [5, 5.41) is 2.70. The number of hydrogen-bond acceptors (Lipinski definition) is 5. The van der Waals surface area contributed by atoms with E-state index >= 15 is 0 Å². The molecule has 0 spiro atoms. The molecule has 0 heterocycles. The van der Waals surface area contributed by atoms with E-state index in [-0.39, 0.29) is 12.1 Å². The van der Waals surface area contributed by atoms with Gasteiger partial charge in [-0.25, -0.2) is 9.18 Å². The number of anilines is 1. The van der Waals surface area contributed by atoms with Gasteiger partial charge >= 0.3 is 11.9 Å². The summed E-state index contributed by atoms with van der Waals surface area (Å²) < 4.78 is 22.5. The second-order valence-electron chi connectivity index (χ2n) is 3.55. The maximum absolute atomic E-state index is 13.6.